The predicted octanol–water partition coefficient (Wildman–Crippen LogP) is 3.16. The molecule has 0 aliphatic heterocycles. The molecule has 1 aromatic carbocycles. The molecule has 0 aromatic heterocycles. The Morgan fingerprint density at radius 1 is 1.16 bits per heavy atom. The van der Waals surface area contributed by atoms with Gasteiger partial charge in [0.15, 0.2) is 0 Å². The van der Waals surface area contributed by atoms with Crippen LogP contribution in [0.4, 0.5) is 8.78 Å². The number of aliphatic hydroxyl groups excluding tert-OH is 1. The highest BCUT2D eigenvalue weighted by Crippen LogP contribution is 2.70. The Morgan fingerprint density at radius 2 is 1.84 bits per heavy atom. The van der Waals surface area contributed by atoms with Gasteiger partial charge < -0.3 is 5.11 Å². The van der Waals surface area contributed by atoms with Crippen molar-refractivity contribution in [1.82, 2.24) is 0 Å². The Balaban J connectivity index is 1.48. The van der Waals surface area contributed by atoms with E-state index in [1.807, 2.05) is 0 Å². The maximum Gasteiger partial charge on any atom is 0.126 e. The molecular formula is C16H18F2O. The van der Waals surface area contributed by atoms with Crippen LogP contribution in [0.3, 0.4) is 0 Å². The summed E-state index contributed by atoms with van der Waals surface area (Å²) in [6, 6.07) is 3.48. The zero-order chi connectivity index (χ0) is 13.1. The molecule has 0 amide bonds. The van der Waals surface area contributed by atoms with Crippen LogP contribution >= 0.6 is 0 Å². The summed E-state index contributed by atoms with van der Waals surface area (Å²) < 4.78 is 26.7. The van der Waals surface area contributed by atoms with Gasteiger partial charge in [0.2, 0.25) is 0 Å². The van der Waals surface area contributed by atoms with Crippen LogP contribution in [0, 0.1) is 41.2 Å². The van der Waals surface area contributed by atoms with E-state index in [-0.39, 0.29) is 6.42 Å². The zero-order valence-corrected chi connectivity index (χ0v) is 10.7. The molecule has 0 saturated heterocycles. The molecule has 19 heavy (non-hydrogen) atoms. The van der Waals surface area contributed by atoms with E-state index >= 15 is 0 Å². The third-order valence-corrected chi connectivity index (χ3v) is 5.68. The predicted molar refractivity (Wildman–Crippen MR) is 67.4 cm³/mol. The van der Waals surface area contributed by atoms with E-state index in [2.05, 4.69) is 0 Å². The van der Waals surface area contributed by atoms with Crippen molar-refractivity contribution in [3.63, 3.8) is 0 Å². The van der Waals surface area contributed by atoms with E-state index in [1.165, 1.54) is 25.3 Å². The van der Waals surface area contributed by atoms with Gasteiger partial charge in [0.1, 0.15) is 11.6 Å². The third kappa shape index (κ3) is 1.74. The van der Waals surface area contributed by atoms with Gasteiger partial charge in [0.25, 0.3) is 0 Å². The van der Waals surface area contributed by atoms with Crippen molar-refractivity contribution in [2.45, 2.75) is 31.8 Å². The van der Waals surface area contributed by atoms with Gasteiger partial charge >= 0.3 is 0 Å². The molecule has 1 nitrogen and oxygen atoms in total. The summed E-state index contributed by atoms with van der Waals surface area (Å²) in [7, 11) is 0. The van der Waals surface area contributed by atoms with E-state index in [4.69, 9.17) is 0 Å². The van der Waals surface area contributed by atoms with Crippen molar-refractivity contribution in [3.8, 4) is 0 Å². The molecule has 3 saturated carbocycles. The summed E-state index contributed by atoms with van der Waals surface area (Å²) in [4.78, 5) is 0. The first kappa shape index (κ1) is 11.8. The molecule has 0 radical (unpaired) electrons. The Hall–Kier alpha value is -0.960. The highest BCUT2D eigenvalue weighted by molar-refractivity contribution is 5.22. The highest BCUT2D eigenvalue weighted by atomic mass is 19.1. The highest BCUT2D eigenvalue weighted by Gasteiger charge is 2.66. The SMILES string of the molecule is OC(Cc1cc(F)ccc1F)C1C2C3CCC(C3)C12. The van der Waals surface area contributed by atoms with E-state index in [1.54, 1.807) is 0 Å². The second kappa shape index (κ2) is 4.02. The molecule has 102 valence electrons. The first-order valence-electron chi connectivity index (χ1n) is 7.27. The fraction of sp³-hybridized carbons (Fsp3) is 0.625. The summed E-state index contributed by atoms with van der Waals surface area (Å²) in [6.07, 6.45) is 3.70. The van der Waals surface area contributed by atoms with Gasteiger partial charge in [-0.2, -0.15) is 0 Å². The van der Waals surface area contributed by atoms with Crippen LogP contribution in [0.15, 0.2) is 18.2 Å². The molecular weight excluding hydrogens is 246 g/mol. The number of benzene rings is 1. The zero-order valence-electron chi connectivity index (χ0n) is 10.7. The molecule has 0 heterocycles. The monoisotopic (exact) mass is 264 g/mol. The molecule has 5 atom stereocenters. The minimum absolute atomic E-state index is 0.251. The molecule has 5 unspecified atom stereocenters. The molecule has 4 rings (SSSR count). The van der Waals surface area contributed by atoms with Crippen molar-refractivity contribution >= 4 is 0 Å². The van der Waals surface area contributed by atoms with Gasteiger partial charge in [-0.25, -0.2) is 8.78 Å². The van der Waals surface area contributed by atoms with Crippen molar-refractivity contribution in [3.05, 3.63) is 35.4 Å². The van der Waals surface area contributed by atoms with E-state index in [9.17, 15) is 13.9 Å². The molecule has 2 bridgehead atoms. The fourth-order valence-corrected chi connectivity index (χ4v) is 4.97. The third-order valence-electron chi connectivity index (χ3n) is 5.68. The Kier molecular flexibility index (Phi) is 2.50. The van der Waals surface area contributed by atoms with E-state index in [0.29, 0.717) is 23.3 Å². The molecule has 3 aliphatic rings. The summed E-state index contributed by atoms with van der Waals surface area (Å²) in [5.74, 6) is 2.44. The van der Waals surface area contributed by atoms with Crippen LogP contribution in [0.2, 0.25) is 0 Å². The number of aliphatic hydroxyl groups is 1. The topological polar surface area (TPSA) is 20.2 Å². The Bertz CT molecular complexity index is 499. The van der Waals surface area contributed by atoms with E-state index in [0.717, 1.165) is 24.0 Å². The lowest BCUT2D eigenvalue weighted by atomic mass is 9.95. The summed E-state index contributed by atoms with van der Waals surface area (Å²) >= 11 is 0. The quantitative estimate of drug-likeness (QED) is 0.889. The molecule has 3 aliphatic carbocycles. The first-order valence-corrected chi connectivity index (χ1v) is 7.27. The second-order valence-corrected chi connectivity index (χ2v) is 6.57. The number of fused-ring (bicyclic) bond motifs is 5. The molecule has 3 heteroatoms. The average Bonchev–Trinajstić information content (AvgIpc) is 2.83. The second-order valence-electron chi connectivity index (χ2n) is 6.57. The normalized spacial score (nSPS) is 40.3. The lowest BCUT2D eigenvalue weighted by Crippen LogP contribution is -2.19. The van der Waals surface area contributed by atoms with Crippen LogP contribution in [0.1, 0.15) is 24.8 Å². The van der Waals surface area contributed by atoms with Gasteiger partial charge in [-0.05, 0) is 72.6 Å². The summed E-state index contributed by atoms with van der Waals surface area (Å²) in [5, 5.41) is 10.3. The van der Waals surface area contributed by atoms with Gasteiger partial charge in [0, 0.05) is 6.42 Å². The van der Waals surface area contributed by atoms with Crippen LogP contribution < -0.4 is 0 Å². The van der Waals surface area contributed by atoms with Crippen LogP contribution in [0.25, 0.3) is 0 Å². The van der Waals surface area contributed by atoms with Gasteiger partial charge in [-0.3, -0.25) is 0 Å². The first-order chi connectivity index (χ1) is 9.15. The van der Waals surface area contributed by atoms with Crippen molar-refractivity contribution in [1.29, 1.82) is 0 Å². The number of hydrogen-bond acceptors (Lipinski definition) is 1. The molecule has 1 aromatic rings. The fourth-order valence-electron chi connectivity index (χ4n) is 4.97. The van der Waals surface area contributed by atoms with Crippen LogP contribution in [0.5, 0.6) is 0 Å². The van der Waals surface area contributed by atoms with Crippen LogP contribution in [-0.4, -0.2) is 11.2 Å². The number of rotatable bonds is 3. The van der Waals surface area contributed by atoms with Crippen LogP contribution in [-0.2, 0) is 6.42 Å². The van der Waals surface area contributed by atoms with Crippen molar-refractivity contribution in [2.75, 3.05) is 0 Å². The van der Waals surface area contributed by atoms with Gasteiger partial charge in [-0.1, -0.05) is 0 Å². The molecule has 0 spiro atoms. The Morgan fingerprint density at radius 3 is 2.53 bits per heavy atom. The average molecular weight is 264 g/mol. The lowest BCUT2D eigenvalue weighted by molar-refractivity contribution is 0.127. The van der Waals surface area contributed by atoms with Crippen molar-refractivity contribution < 1.29 is 13.9 Å². The molecule has 1 N–H and O–H groups in total. The summed E-state index contributed by atoms with van der Waals surface area (Å²) in [5.41, 5.74) is 0.310. The maximum atomic E-state index is 13.6. The minimum Gasteiger partial charge on any atom is -0.392 e. The standard InChI is InChI=1S/C16H18F2O/c17-11-3-4-12(18)10(6-11)7-13(19)16-14-8-1-2-9(5-8)15(14)16/h3-4,6,8-9,13-16,19H,1-2,5,7H2. The van der Waals surface area contributed by atoms with Gasteiger partial charge in [-0.15, -0.1) is 0 Å². The number of hydrogen-bond donors (Lipinski definition) is 1. The van der Waals surface area contributed by atoms with Crippen molar-refractivity contribution in [2.24, 2.45) is 29.6 Å². The Labute approximate surface area is 111 Å². The largest absolute Gasteiger partial charge is 0.392 e. The smallest absolute Gasteiger partial charge is 0.126 e. The maximum absolute atomic E-state index is 13.6. The minimum atomic E-state index is -0.505. The molecule has 3 fully saturated rings. The lowest BCUT2D eigenvalue weighted by Gasteiger charge is -2.15. The van der Waals surface area contributed by atoms with Gasteiger partial charge in [0.05, 0.1) is 6.10 Å². The summed E-state index contributed by atoms with van der Waals surface area (Å²) in [6.45, 7) is 0. The number of halogens is 2. The van der Waals surface area contributed by atoms with E-state index < -0.39 is 17.7 Å².